The second kappa shape index (κ2) is 9.43. The van der Waals surface area contributed by atoms with E-state index in [0.29, 0.717) is 18.5 Å². The molecule has 3 aliphatic rings. The molecular weight excluding hydrogens is 420 g/mol. The number of rotatable bonds is 5. The molecular formula is C25H36N4O4. The topological polar surface area (TPSA) is 82.2 Å². The molecule has 0 spiro atoms. The number of fused-ring (bicyclic) bond motifs is 1. The number of Topliss-reactive ketones (excluding diaryl/α,β-unsaturated/α-hetero) is 1. The van der Waals surface area contributed by atoms with Crippen molar-refractivity contribution < 1.29 is 19.1 Å². The van der Waals surface area contributed by atoms with Gasteiger partial charge in [-0.05, 0) is 42.6 Å². The average molecular weight is 457 g/mol. The first kappa shape index (κ1) is 23.7. The average Bonchev–Trinajstić information content (AvgIpc) is 3.39. The Morgan fingerprint density at radius 3 is 2.36 bits per heavy atom. The lowest BCUT2D eigenvalue weighted by Crippen LogP contribution is -2.57. The van der Waals surface area contributed by atoms with Gasteiger partial charge in [-0.25, -0.2) is 0 Å². The molecule has 3 saturated heterocycles. The zero-order valence-electron chi connectivity index (χ0n) is 20.2. The third-order valence-electron chi connectivity index (χ3n) is 7.10. The molecule has 180 valence electrons. The Morgan fingerprint density at radius 1 is 1.09 bits per heavy atom. The fraction of sp³-hybridized carbons (Fsp3) is 0.640. The third kappa shape index (κ3) is 4.92. The van der Waals surface area contributed by atoms with Crippen molar-refractivity contribution in [2.75, 3.05) is 50.8 Å². The van der Waals surface area contributed by atoms with Gasteiger partial charge in [0.2, 0.25) is 5.91 Å². The minimum atomic E-state index is -0.737. The number of carbonyl (C=O) groups excluding carboxylic acids is 3. The van der Waals surface area contributed by atoms with Gasteiger partial charge in [0, 0.05) is 44.0 Å². The second-order valence-electron chi connectivity index (χ2n) is 10.3. The maximum atomic E-state index is 13.5. The number of nitrogens with one attached hydrogen (secondary N) is 1. The predicted octanol–water partition coefficient (Wildman–Crippen LogP) is 1.54. The molecule has 0 bridgehead atoms. The van der Waals surface area contributed by atoms with Crippen LogP contribution in [0.15, 0.2) is 24.3 Å². The number of carbonyl (C=O) groups is 3. The Balaban J connectivity index is 1.43. The molecule has 1 aromatic rings. The zero-order chi connectivity index (χ0) is 23.8. The lowest BCUT2D eigenvalue weighted by molar-refractivity contribution is -0.140. The van der Waals surface area contributed by atoms with Gasteiger partial charge >= 0.3 is 0 Å². The van der Waals surface area contributed by atoms with Gasteiger partial charge in [0.05, 0.1) is 6.10 Å². The first-order chi connectivity index (χ1) is 15.7. The van der Waals surface area contributed by atoms with E-state index < -0.39 is 17.5 Å². The highest BCUT2D eigenvalue weighted by Gasteiger charge is 2.49. The smallest absolute Gasteiger partial charge is 0.251 e. The van der Waals surface area contributed by atoms with Crippen molar-refractivity contribution in [3.05, 3.63) is 29.8 Å². The number of likely N-dealkylation sites (tertiary alicyclic amines) is 1. The predicted molar refractivity (Wildman–Crippen MR) is 126 cm³/mol. The van der Waals surface area contributed by atoms with Gasteiger partial charge in [0.25, 0.3) is 5.91 Å². The molecule has 4 rings (SSSR count). The van der Waals surface area contributed by atoms with Crippen LogP contribution in [0.2, 0.25) is 0 Å². The van der Waals surface area contributed by atoms with Crippen molar-refractivity contribution in [2.24, 2.45) is 5.41 Å². The number of likely N-dealkylation sites (N-methyl/N-ethyl adjacent to an activating group) is 1. The summed E-state index contributed by atoms with van der Waals surface area (Å²) in [5.74, 6) is -0.553. The van der Waals surface area contributed by atoms with E-state index in [1.54, 1.807) is 4.90 Å². The highest BCUT2D eigenvalue weighted by molar-refractivity contribution is 5.99. The molecule has 3 aliphatic heterocycles. The van der Waals surface area contributed by atoms with Gasteiger partial charge < -0.3 is 24.8 Å². The van der Waals surface area contributed by atoms with E-state index in [1.165, 1.54) is 0 Å². The fourth-order valence-electron chi connectivity index (χ4n) is 5.02. The summed E-state index contributed by atoms with van der Waals surface area (Å²) in [6.07, 6.45) is 0.436. The number of ether oxygens (including phenoxy) is 1. The largest absolute Gasteiger partial charge is 0.369 e. The Labute approximate surface area is 196 Å². The van der Waals surface area contributed by atoms with Crippen LogP contribution in [0.4, 0.5) is 5.69 Å². The molecule has 0 aromatic heterocycles. The molecule has 3 fully saturated rings. The Hall–Kier alpha value is -2.45. The minimum absolute atomic E-state index is 0.0554. The molecule has 0 saturated carbocycles. The van der Waals surface area contributed by atoms with E-state index in [1.807, 2.05) is 45.0 Å². The third-order valence-corrected chi connectivity index (χ3v) is 7.10. The van der Waals surface area contributed by atoms with E-state index in [9.17, 15) is 14.4 Å². The molecule has 0 unspecified atom stereocenters. The van der Waals surface area contributed by atoms with Gasteiger partial charge in [0.15, 0.2) is 5.78 Å². The van der Waals surface area contributed by atoms with Crippen LogP contribution in [0.3, 0.4) is 0 Å². The summed E-state index contributed by atoms with van der Waals surface area (Å²) in [5.41, 5.74) is 1.12. The van der Waals surface area contributed by atoms with Crippen LogP contribution in [0, 0.1) is 5.41 Å². The monoisotopic (exact) mass is 456 g/mol. The molecule has 1 N–H and O–H groups in total. The maximum absolute atomic E-state index is 13.5. The van der Waals surface area contributed by atoms with E-state index >= 15 is 0 Å². The number of hydrogen-bond donors (Lipinski definition) is 1. The Bertz CT molecular complexity index is 887. The molecule has 33 heavy (non-hydrogen) atoms. The second-order valence-corrected chi connectivity index (χ2v) is 10.3. The normalized spacial score (nSPS) is 24.7. The summed E-state index contributed by atoms with van der Waals surface area (Å²) in [5, 5.41) is 2.95. The molecule has 0 radical (unpaired) electrons. The van der Waals surface area contributed by atoms with Crippen molar-refractivity contribution in [3.63, 3.8) is 0 Å². The van der Waals surface area contributed by atoms with E-state index in [2.05, 4.69) is 22.0 Å². The molecule has 3 heterocycles. The van der Waals surface area contributed by atoms with E-state index in [-0.39, 0.29) is 30.3 Å². The van der Waals surface area contributed by atoms with Crippen molar-refractivity contribution in [2.45, 2.75) is 52.3 Å². The van der Waals surface area contributed by atoms with Gasteiger partial charge in [-0.3, -0.25) is 14.4 Å². The maximum Gasteiger partial charge on any atom is 0.251 e. The van der Waals surface area contributed by atoms with Crippen molar-refractivity contribution in [1.29, 1.82) is 0 Å². The van der Waals surface area contributed by atoms with Crippen LogP contribution in [-0.2, 0) is 14.3 Å². The Morgan fingerprint density at radius 2 is 1.76 bits per heavy atom. The summed E-state index contributed by atoms with van der Waals surface area (Å²) in [4.78, 5) is 45.2. The van der Waals surface area contributed by atoms with Crippen LogP contribution in [0.25, 0.3) is 0 Å². The van der Waals surface area contributed by atoms with Gasteiger partial charge in [-0.15, -0.1) is 0 Å². The van der Waals surface area contributed by atoms with Crippen molar-refractivity contribution in [3.8, 4) is 0 Å². The molecule has 1 aromatic carbocycles. The van der Waals surface area contributed by atoms with Gasteiger partial charge in [0.1, 0.15) is 18.7 Å². The fourth-order valence-corrected chi connectivity index (χ4v) is 5.02. The summed E-state index contributed by atoms with van der Waals surface area (Å²) in [6, 6.07) is 6.34. The zero-order valence-corrected chi connectivity index (χ0v) is 20.2. The number of benzene rings is 1. The Kier molecular flexibility index (Phi) is 6.77. The van der Waals surface area contributed by atoms with Crippen LogP contribution < -0.4 is 10.2 Å². The van der Waals surface area contributed by atoms with Crippen molar-refractivity contribution >= 4 is 23.3 Å². The molecule has 0 aliphatic carbocycles. The first-order valence-corrected chi connectivity index (χ1v) is 12.0. The molecule has 8 heteroatoms. The highest BCUT2D eigenvalue weighted by atomic mass is 16.5. The summed E-state index contributed by atoms with van der Waals surface area (Å²) in [6.45, 7) is 13.6. The molecule has 3 atom stereocenters. The number of anilines is 1. The molecule has 8 nitrogen and oxygen atoms in total. The van der Waals surface area contributed by atoms with Gasteiger partial charge in [-0.2, -0.15) is 0 Å². The number of hydrogen-bond acceptors (Lipinski definition) is 6. The van der Waals surface area contributed by atoms with Crippen LogP contribution in [0.5, 0.6) is 0 Å². The highest BCUT2D eigenvalue weighted by Crippen LogP contribution is 2.30. The standard InChI is InChI=1S/C25H36N4O4/c1-5-27-12-14-28(15-13-27)18-8-6-17(7-9-18)23(31)26-22(25(2,3)4)24(32)29-11-10-20-21(29)19(30)16-33-20/h6-9,20-22H,5,10-16H2,1-4H3,(H,26,31)/t20-,21-,22-/m1/s1. The van der Waals surface area contributed by atoms with Gasteiger partial charge in [-0.1, -0.05) is 27.7 Å². The van der Waals surface area contributed by atoms with Crippen LogP contribution >= 0.6 is 0 Å². The summed E-state index contributed by atoms with van der Waals surface area (Å²) < 4.78 is 5.52. The minimum Gasteiger partial charge on any atom is -0.369 e. The number of nitrogens with zero attached hydrogens (tertiary/aromatic N) is 3. The lowest BCUT2D eigenvalue weighted by atomic mass is 9.85. The summed E-state index contributed by atoms with van der Waals surface area (Å²) in [7, 11) is 0. The number of amides is 2. The lowest BCUT2D eigenvalue weighted by Gasteiger charge is -2.36. The number of ketones is 1. The first-order valence-electron chi connectivity index (χ1n) is 12.0. The summed E-state index contributed by atoms with van der Waals surface area (Å²) >= 11 is 0. The van der Waals surface area contributed by atoms with Crippen molar-refractivity contribution in [1.82, 2.24) is 15.1 Å². The van der Waals surface area contributed by atoms with E-state index in [0.717, 1.165) is 38.4 Å². The van der Waals surface area contributed by atoms with E-state index in [4.69, 9.17) is 4.74 Å². The SMILES string of the molecule is CCN1CCN(c2ccc(C(=O)N[C@H](C(=O)N3CC[C@H]4OCC(=O)[C@H]43)C(C)(C)C)cc2)CC1. The van der Waals surface area contributed by atoms with Crippen LogP contribution in [-0.4, -0.2) is 91.5 Å². The number of piperazine rings is 1. The van der Waals surface area contributed by atoms with Crippen LogP contribution in [0.1, 0.15) is 44.5 Å². The molecule has 2 amide bonds. The quantitative estimate of drug-likeness (QED) is 0.724.